The Kier molecular flexibility index (Phi) is 6.34. The molecular weight excluding hydrogens is 615 g/mol. The van der Waals surface area contributed by atoms with E-state index in [1.807, 2.05) is 0 Å². The summed E-state index contributed by atoms with van der Waals surface area (Å²) in [6.45, 7) is 9.54. The van der Waals surface area contributed by atoms with Crippen molar-refractivity contribution in [3.8, 4) is 33.4 Å². The summed E-state index contributed by atoms with van der Waals surface area (Å²) in [6.07, 6.45) is 0. The summed E-state index contributed by atoms with van der Waals surface area (Å²) in [5.41, 5.74) is 16.6. The van der Waals surface area contributed by atoms with Crippen molar-refractivity contribution in [2.24, 2.45) is 0 Å². The molecule has 0 saturated heterocycles. The molecule has 0 N–H and O–H groups in total. The monoisotopic (exact) mass is 653 g/mol. The summed E-state index contributed by atoms with van der Waals surface area (Å²) >= 11 is 0. The van der Waals surface area contributed by atoms with Crippen LogP contribution in [0.15, 0.2) is 164 Å². The molecule has 1 heteroatoms. The average Bonchev–Trinajstić information content (AvgIpc) is 3.56. The van der Waals surface area contributed by atoms with Gasteiger partial charge in [0.25, 0.3) is 0 Å². The van der Waals surface area contributed by atoms with Gasteiger partial charge < -0.3 is 4.90 Å². The maximum absolute atomic E-state index is 2.56. The zero-order valence-corrected chi connectivity index (χ0v) is 29.5. The quantitative estimate of drug-likeness (QED) is 0.183. The molecule has 0 unspecified atom stereocenters. The molecule has 2 aliphatic carbocycles. The summed E-state index contributed by atoms with van der Waals surface area (Å²) in [6, 6.07) is 61.0. The van der Waals surface area contributed by atoms with Crippen molar-refractivity contribution in [1.29, 1.82) is 0 Å². The molecule has 0 spiro atoms. The summed E-state index contributed by atoms with van der Waals surface area (Å²) in [4.78, 5) is 2.56. The summed E-state index contributed by atoms with van der Waals surface area (Å²) < 4.78 is 0. The number of hydrogen-bond acceptors (Lipinski definition) is 1. The van der Waals surface area contributed by atoms with Gasteiger partial charge in [0.1, 0.15) is 0 Å². The zero-order valence-electron chi connectivity index (χ0n) is 29.5. The normalized spacial score (nSPS) is 14.6. The van der Waals surface area contributed by atoms with E-state index in [9.17, 15) is 0 Å². The lowest BCUT2D eigenvalue weighted by atomic mass is 9.80. The van der Waals surface area contributed by atoms with E-state index in [1.54, 1.807) is 0 Å². The van der Waals surface area contributed by atoms with Crippen LogP contribution in [0.5, 0.6) is 0 Å². The molecule has 0 aromatic heterocycles. The van der Waals surface area contributed by atoms with Crippen LogP contribution in [0.4, 0.5) is 17.1 Å². The highest BCUT2D eigenvalue weighted by molar-refractivity contribution is 6.07. The third-order valence-electron chi connectivity index (χ3n) is 11.8. The predicted molar refractivity (Wildman–Crippen MR) is 217 cm³/mol. The van der Waals surface area contributed by atoms with Crippen LogP contribution >= 0.6 is 0 Å². The fourth-order valence-electron chi connectivity index (χ4n) is 9.41. The molecule has 0 heterocycles. The van der Waals surface area contributed by atoms with E-state index in [1.165, 1.54) is 88.6 Å². The predicted octanol–water partition coefficient (Wildman–Crippen LogP) is 13.7. The first-order chi connectivity index (χ1) is 24.8. The van der Waals surface area contributed by atoms with E-state index in [0.717, 1.165) is 5.69 Å². The van der Waals surface area contributed by atoms with Crippen LogP contribution in [0.2, 0.25) is 0 Å². The zero-order chi connectivity index (χ0) is 34.5. The van der Waals surface area contributed by atoms with Crippen molar-refractivity contribution < 1.29 is 0 Å². The van der Waals surface area contributed by atoms with E-state index < -0.39 is 0 Å². The van der Waals surface area contributed by atoms with Crippen molar-refractivity contribution in [2.75, 3.05) is 4.90 Å². The third kappa shape index (κ3) is 4.22. The molecule has 0 bridgehead atoms. The maximum Gasteiger partial charge on any atom is 0.0549 e. The molecule has 0 saturated carbocycles. The van der Waals surface area contributed by atoms with E-state index in [-0.39, 0.29) is 10.8 Å². The number of fused-ring (bicyclic) bond motifs is 9. The summed E-state index contributed by atoms with van der Waals surface area (Å²) in [7, 11) is 0. The number of nitrogens with zero attached hydrogens (tertiary/aromatic N) is 1. The Morgan fingerprint density at radius 2 is 0.941 bits per heavy atom. The Labute approximate surface area is 300 Å². The first-order valence-electron chi connectivity index (χ1n) is 18.1. The molecule has 0 atom stereocenters. The topological polar surface area (TPSA) is 3.24 Å². The fourth-order valence-corrected chi connectivity index (χ4v) is 9.41. The first kappa shape index (κ1) is 29.9. The molecule has 0 aliphatic heterocycles. The van der Waals surface area contributed by atoms with E-state index in [0.29, 0.717) is 0 Å². The van der Waals surface area contributed by atoms with Crippen LogP contribution < -0.4 is 4.90 Å². The van der Waals surface area contributed by atoms with Crippen LogP contribution in [0.3, 0.4) is 0 Å². The highest BCUT2D eigenvalue weighted by Gasteiger charge is 2.41. The second kappa shape index (κ2) is 10.8. The Morgan fingerprint density at radius 1 is 0.392 bits per heavy atom. The van der Waals surface area contributed by atoms with E-state index >= 15 is 0 Å². The fraction of sp³-hybridized carbons (Fsp3) is 0.120. The van der Waals surface area contributed by atoms with Gasteiger partial charge in [-0.2, -0.15) is 0 Å². The molecule has 1 nitrogen and oxygen atoms in total. The van der Waals surface area contributed by atoms with E-state index in [4.69, 9.17) is 0 Å². The largest absolute Gasteiger partial charge is 0.309 e. The van der Waals surface area contributed by atoms with Crippen LogP contribution in [-0.2, 0) is 10.8 Å². The van der Waals surface area contributed by atoms with Gasteiger partial charge in [-0.25, -0.2) is 0 Å². The summed E-state index contributed by atoms with van der Waals surface area (Å²) in [5, 5.41) is 5.12. The lowest BCUT2D eigenvalue weighted by Crippen LogP contribution is -2.17. The molecule has 0 fully saturated rings. The maximum atomic E-state index is 2.56. The van der Waals surface area contributed by atoms with Crippen LogP contribution in [0.25, 0.3) is 54.9 Å². The minimum atomic E-state index is -0.154. The van der Waals surface area contributed by atoms with Gasteiger partial charge in [0.05, 0.1) is 11.4 Å². The number of rotatable bonds is 4. The molecule has 51 heavy (non-hydrogen) atoms. The Balaban J connectivity index is 1.29. The third-order valence-corrected chi connectivity index (χ3v) is 11.8. The number of benzene rings is 8. The highest BCUT2D eigenvalue weighted by Crippen LogP contribution is 2.59. The smallest absolute Gasteiger partial charge is 0.0549 e. The van der Waals surface area contributed by atoms with Gasteiger partial charge in [-0.1, -0.05) is 167 Å². The van der Waals surface area contributed by atoms with Gasteiger partial charge in [0.15, 0.2) is 0 Å². The van der Waals surface area contributed by atoms with Crippen LogP contribution in [0, 0.1) is 0 Å². The molecule has 8 aromatic rings. The van der Waals surface area contributed by atoms with Gasteiger partial charge in [-0.05, 0) is 90.3 Å². The molecular formula is C50H39N. The van der Waals surface area contributed by atoms with Gasteiger partial charge >= 0.3 is 0 Å². The number of hydrogen-bond donors (Lipinski definition) is 0. The molecule has 244 valence electrons. The van der Waals surface area contributed by atoms with Gasteiger partial charge in [0, 0.05) is 27.6 Å². The van der Waals surface area contributed by atoms with Crippen molar-refractivity contribution in [3.05, 3.63) is 186 Å². The Bertz CT molecular complexity index is 2690. The SMILES string of the molecule is CC1(C)c2ccccc2-c2c(N(c3ccc(-c4cccc5ccccc45)cc3)c3cc4ccccc4c4c3-c3ccccc3C4(C)C)cccc21. The number of anilines is 3. The lowest BCUT2D eigenvalue weighted by molar-refractivity contribution is 0.660. The van der Waals surface area contributed by atoms with Crippen LogP contribution in [-0.4, -0.2) is 0 Å². The lowest BCUT2D eigenvalue weighted by Gasteiger charge is -2.32. The van der Waals surface area contributed by atoms with Crippen LogP contribution in [0.1, 0.15) is 49.9 Å². The first-order valence-corrected chi connectivity index (χ1v) is 18.1. The Hall–Kier alpha value is -5.92. The average molecular weight is 654 g/mol. The second-order valence-corrected chi connectivity index (χ2v) is 15.3. The van der Waals surface area contributed by atoms with Crippen molar-refractivity contribution in [1.82, 2.24) is 0 Å². The highest BCUT2D eigenvalue weighted by atomic mass is 15.1. The molecule has 0 radical (unpaired) electrons. The van der Waals surface area contributed by atoms with Gasteiger partial charge in [-0.15, -0.1) is 0 Å². The summed E-state index contributed by atoms with van der Waals surface area (Å²) in [5.74, 6) is 0. The Morgan fingerprint density at radius 3 is 1.71 bits per heavy atom. The molecule has 2 aliphatic rings. The minimum absolute atomic E-state index is 0.105. The van der Waals surface area contributed by atoms with E-state index in [2.05, 4.69) is 196 Å². The minimum Gasteiger partial charge on any atom is -0.309 e. The molecule has 10 rings (SSSR count). The van der Waals surface area contributed by atoms with Gasteiger partial charge in [0.2, 0.25) is 0 Å². The van der Waals surface area contributed by atoms with Crippen molar-refractivity contribution >= 4 is 38.6 Å². The van der Waals surface area contributed by atoms with Crippen molar-refractivity contribution in [2.45, 2.75) is 38.5 Å². The molecule has 0 amide bonds. The second-order valence-electron chi connectivity index (χ2n) is 15.3. The van der Waals surface area contributed by atoms with Gasteiger partial charge in [-0.3, -0.25) is 0 Å². The molecule has 8 aromatic carbocycles. The standard InChI is InChI=1S/C50H39N/c1-49(2)41-23-11-9-20-39(41)46-43(49)25-14-26-44(46)51(35-29-27-33(28-30-35)37-22-13-17-32-15-5-7-18-36(32)37)45-31-34-16-6-8-19-38(34)48-47(45)40-21-10-12-24-42(40)50(48,3)4/h5-31H,1-4H3. The van der Waals surface area contributed by atoms with Crippen molar-refractivity contribution in [3.63, 3.8) is 0 Å².